The van der Waals surface area contributed by atoms with E-state index in [9.17, 15) is 0 Å². The zero-order chi connectivity index (χ0) is 34.4. The summed E-state index contributed by atoms with van der Waals surface area (Å²) >= 11 is 0. The van der Waals surface area contributed by atoms with Crippen molar-refractivity contribution in [3.05, 3.63) is 198 Å². The van der Waals surface area contributed by atoms with Crippen LogP contribution in [0.25, 0.3) is 61.2 Å². The Bertz CT molecular complexity index is 2720. The van der Waals surface area contributed by atoms with E-state index in [2.05, 4.69) is 169 Å². The number of rotatable bonds is 7. The van der Waals surface area contributed by atoms with Gasteiger partial charge < -0.3 is 13.7 Å². The Kier molecular flexibility index (Phi) is 7.35. The van der Waals surface area contributed by atoms with Crippen LogP contribution in [-0.2, 0) is 6.54 Å². The van der Waals surface area contributed by atoms with Gasteiger partial charge in [0.05, 0.1) is 0 Å². The van der Waals surface area contributed by atoms with Gasteiger partial charge in [-0.15, -0.1) is 0 Å². The minimum Gasteiger partial charge on any atom is -0.460 e. The summed E-state index contributed by atoms with van der Waals surface area (Å²) < 4.78 is 12.8. The van der Waals surface area contributed by atoms with Crippen molar-refractivity contribution in [3.63, 3.8) is 0 Å². The summed E-state index contributed by atoms with van der Waals surface area (Å²) in [5.74, 6) is 1.27. The number of para-hydroxylation sites is 3. The van der Waals surface area contributed by atoms with Gasteiger partial charge in [0.1, 0.15) is 22.5 Å². The van der Waals surface area contributed by atoms with Crippen molar-refractivity contribution in [2.45, 2.75) is 18.9 Å². The highest BCUT2D eigenvalue weighted by molar-refractivity contribution is 6.09. The van der Waals surface area contributed by atoms with Gasteiger partial charge in [0, 0.05) is 51.1 Å². The first-order valence-corrected chi connectivity index (χ1v) is 18.0. The number of anilines is 2. The maximum Gasteiger partial charge on any atom is 0.143 e. The van der Waals surface area contributed by atoms with E-state index < -0.39 is 0 Å². The Labute approximate surface area is 302 Å². The molecule has 0 bridgehead atoms. The first-order chi connectivity index (χ1) is 25.8. The lowest BCUT2D eigenvalue weighted by molar-refractivity contribution is 0.516. The lowest BCUT2D eigenvalue weighted by Crippen LogP contribution is -2.16. The molecule has 0 aliphatic heterocycles. The minimum atomic E-state index is 0.201. The topological polar surface area (TPSA) is 29.5 Å². The van der Waals surface area contributed by atoms with Crippen LogP contribution in [0.5, 0.6) is 0 Å². The molecule has 0 spiro atoms. The first kappa shape index (κ1) is 30.3. The molecule has 3 heteroatoms. The molecule has 0 saturated carbocycles. The second kappa shape index (κ2) is 12.6. The van der Waals surface area contributed by atoms with E-state index in [0.717, 1.165) is 68.7 Å². The normalized spacial score (nSPS) is 13.9. The van der Waals surface area contributed by atoms with E-state index in [1.54, 1.807) is 0 Å². The summed E-state index contributed by atoms with van der Waals surface area (Å²) in [6.07, 6.45) is 5.43. The predicted molar refractivity (Wildman–Crippen MR) is 215 cm³/mol. The van der Waals surface area contributed by atoms with Crippen molar-refractivity contribution in [2.75, 3.05) is 4.90 Å². The van der Waals surface area contributed by atoms with Crippen LogP contribution in [0.4, 0.5) is 11.4 Å². The zero-order valence-corrected chi connectivity index (χ0v) is 28.6. The van der Waals surface area contributed by atoms with E-state index >= 15 is 0 Å². The highest BCUT2D eigenvalue weighted by Crippen LogP contribution is 2.41. The lowest BCUT2D eigenvalue weighted by atomic mass is 9.86. The highest BCUT2D eigenvalue weighted by atomic mass is 16.3. The van der Waals surface area contributed by atoms with E-state index in [1.807, 2.05) is 18.2 Å². The van der Waals surface area contributed by atoms with Gasteiger partial charge in [-0.2, -0.15) is 0 Å². The summed E-state index contributed by atoms with van der Waals surface area (Å²) in [4.78, 5) is 2.40. The maximum atomic E-state index is 6.42. The standard InChI is InChI=1S/C49H35NO2/c1-2-10-34(11-3-1)35-24-28-38(29-25-35)50(39-30-26-37(27-31-39)41-15-9-17-45-43-13-5-7-19-47(43)52-49(41)45)32-33-20-22-36(23-21-33)40-14-8-16-44-42-12-4-6-18-46(42)51-48(40)44/h1-13,15-31,40H,14,32H2. The molecule has 7 aromatic carbocycles. The van der Waals surface area contributed by atoms with E-state index in [1.165, 1.54) is 33.2 Å². The van der Waals surface area contributed by atoms with Gasteiger partial charge in [0.2, 0.25) is 0 Å². The Morgan fingerprint density at radius 2 is 1.12 bits per heavy atom. The molecule has 0 radical (unpaired) electrons. The van der Waals surface area contributed by atoms with Crippen molar-refractivity contribution in [1.82, 2.24) is 0 Å². The van der Waals surface area contributed by atoms with Crippen molar-refractivity contribution in [1.29, 1.82) is 0 Å². The molecule has 1 atom stereocenters. The molecule has 0 fully saturated rings. The Balaban J connectivity index is 0.985. The quantitative estimate of drug-likeness (QED) is 0.169. The molecule has 1 unspecified atom stereocenters. The van der Waals surface area contributed by atoms with Gasteiger partial charge >= 0.3 is 0 Å². The Morgan fingerprint density at radius 3 is 1.87 bits per heavy atom. The Morgan fingerprint density at radius 1 is 0.500 bits per heavy atom. The molecular weight excluding hydrogens is 635 g/mol. The van der Waals surface area contributed by atoms with Crippen LogP contribution in [0.3, 0.4) is 0 Å². The number of hydrogen-bond donors (Lipinski definition) is 0. The third-order valence-corrected chi connectivity index (χ3v) is 10.5. The zero-order valence-electron chi connectivity index (χ0n) is 28.6. The molecule has 0 amide bonds. The second-order valence-corrected chi connectivity index (χ2v) is 13.6. The number of furan rings is 2. The van der Waals surface area contributed by atoms with Crippen LogP contribution >= 0.6 is 0 Å². The second-order valence-electron chi connectivity index (χ2n) is 13.6. The summed E-state index contributed by atoms with van der Waals surface area (Å²) in [6.45, 7) is 0.726. The molecule has 1 aliphatic carbocycles. The van der Waals surface area contributed by atoms with Gasteiger partial charge in [-0.3, -0.25) is 0 Å². The molecule has 0 saturated heterocycles. The van der Waals surface area contributed by atoms with Crippen LogP contribution in [-0.4, -0.2) is 0 Å². The molecule has 3 nitrogen and oxygen atoms in total. The fourth-order valence-electron chi connectivity index (χ4n) is 7.86. The largest absolute Gasteiger partial charge is 0.460 e. The summed E-state index contributed by atoms with van der Waals surface area (Å²) in [5, 5.41) is 3.47. The van der Waals surface area contributed by atoms with E-state index in [0.29, 0.717) is 0 Å². The molecule has 2 heterocycles. The van der Waals surface area contributed by atoms with Crippen LogP contribution < -0.4 is 4.90 Å². The average Bonchev–Trinajstić information content (AvgIpc) is 3.80. The smallest absolute Gasteiger partial charge is 0.143 e. The lowest BCUT2D eigenvalue weighted by Gasteiger charge is -2.26. The molecule has 9 aromatic rings. The highest BCUT2D eigenvalue weighted by Gasteiger charge is 2.25. The van der Waals surface area contributed by atoms with Gasteiger partial charge in [-0.1, -0.05) is 146 Å². The number of hydrogen-bond acceptors (Lipinski definition) is 3. The SMILES string of the molecule is C1=Cc2c(oc3ccccc23)C(c2ccc(CN(c3ccc(-c4ccccc4)cc3)c3ccc(-c4cccc5c4oc4ccccc45)cc3)cc2)C1. The van der Waals surface area contributed by atoms with Gasteiger partial charge in [0.15, 0.2) is 0 Å². The van der Waals surface area contributed by atoms with Crippen molar-refractivity contribution >= 4 is 50.4 Å². The molecule has 10 rings (SSSR count). The summed E-state index contributed by atoms with van der Waals surface area (Å²) in [5.41, 5.74) is 13.4. The van der Waals surface area contributed by atoms with Crippen LogP contribution in [0, 0.1) is 0 Å². The third-order valence-electron chi connectivity index (χ3n) is 10.5. The number of fused-ring (bicyclic) bond motifs is 6. The molecule has 52 heavy (non-hydrogen) atoms. The number of nitrogens with zero attached hydrogens (tertiary/aromatic N) is 1. The third kappa shape index (κ3) is 5.30. The minimum absolute atomic E-state index is 0.201. The monoisotopic (exact) mass is 669 g/mol. The average molecular weight is 670 g/mol. The molecule has 0 N–H and O–H groups in total. The Hall–Kier alpha value is -6.58. The molecule has 248 valence electrons. The maximum absolute atomic E-state index is 6.42. The van der Waals surface area contributed by atoms with Crippen LogP contribution in [0.1, 0.15) is 34.8 Å². The van der Waals surface area contributed by atoms with Gasteiger partial charge in [-0.25, -0.2) is 0 Å². The fourth-order valence-corrected chi connectivity index (χ4v) is 7.86. The number of benzene rings is 7. The van der Waals surface area contributed by atoms with Gasteiger partial charge in [0.25, 0.3) is 0 Å². The summed E-state index contributed by atoms with van der Waals surface area (Å²) in [6, 6.07) is 60.5. The van der Waals surface area contributed by atoms with Gasteiger partial charge in [-0.05, 0) is 70.6 Å². The molecule has 1 aliphatic rings. The van der Waals surface area contributed by atoms with Crippen molar-refractivity contribution in [3.8, 4) is 22.3 Å². The first-order valence-electron chi connectivity index (χ1n) is 18.0. The fraction of sp³-hybridized carbons (Fsp3) is 0.0612. The van der Waals surface area contributed by atoms with Crippen LogP contribution in [0.2, 0.25) is 0 Å². The van der Waals surface area contributed by atoms with Crippen molar-refractivity contribution < 1.29 is 8.83 Å². The van der Waals surface area contributed by atoms with E-state index in [4.69, 9.17) is 8.83 Å². The van der Waals surface area contributed by atoms with Crippen molar-refractivity contribution in [2.24, 2.45) is 0 Å². The predicted octanol–water partition coefficient (Wildman–Crippen LogP) is 13.6. The van der Waals surface area contributed by atoms with E-state index in [-0.39, 0.29) is 5.92 Å². The molecule has 2 aromatic heterocycles. The van der Waals surface area contributed by atoms with Crippen LogP contribution in [0.15, 0.2) is 185 Å². The number of allylic oxidation sites excluding steroid dienone is 1. The summed E-state index contributed by atoms with van der Waals surface area (Å²) in [7, 11) is 0. The molecular formula is C49H35NO2.